The van der Waals surface area contributed by atoms with Gasteiger partial charge in [0, 0.05) is 37.3 Å². The fraction of sp³-hybridized carbons (Fsp3) is 0.263. The highest BCUT2D eigenvalue weighted by Gasteiger charge is 2.25. The molecule has 0 aromatic heterocycles. The first kappa shape index (κ1) is 19.7. The van der Waals surface area contributed by atoms with Crippen molar-refractivity contribution in [3.63, 3.8) is 0 Å². The van der Waals surface area contributed by atoms with E-state index < -0.39 is 9.76 Å². The van der Waals surface area contributed by atoms with Gasteiger partial charge in [-0.1, -0.05) is 38.1 Å². The van der Waals surface area contributed by atoms with E-state index >= 15 is 0 Å². The molecule has 25 heavy (non-hydrogen) atoms. The van der Waals surface area contributed by atoms with Gasteiger partial charge in [0.15, 0.2) is 0 Å². The predicted octanol–water partition coefficient (Wildman–Crippen LogP) is 6.42. The summed E-state index contributed by atoms with van der Waals surface area (Å²) in [4.78, 5) is 21.1. The highest BCUT2D eigenvalue weighted by molar-refractivity contribution is 9.18. The standard InChI is InChI=1S/C19H18Br2O4/c1-11-9-13(5-7-15(11)24-17(20)22)19(3,4)14-6-8-16(12(2)10-14)25-18(21)23/h5-10H,1-4H3. The topological polar surface area (TPSA) is 52.6 Å². The minimum absolute atomic E-state index is 0.274. The van der Waals surface area contributed by atoms with Gasteiger partial charge in [0.1, 0.15) is 11.5 Å². The molecule has 0 N–H and O–H groups in total. The Bertz CT molecular complexity index is 761. The van der Waals surface area contributed by atoms with E-state index in [1.165, 1.54) is 0 Å². The largest absolute Gasteiger partial charge is 0.418 e. The molecule has 2 aromatic rings. The second kappa shape index (κ2) is 7.70. The third-order valence-electron chi connectivity index (χ3n) is 4.17. The summed E-state index contributed by atoms with van der Waals surface area (Å²) in [5, 5.41) is 0. The van der Waals surface area contributed by atoms with Crippen molar-refractivity contribution in [2.24, 2.45) is 0 Å². The Labute approximate surface area is 163 Å². The summed E-state index contributed by atoms with van der Waals surface area (Å²) < 4.78 is 10.2. The number of hydrogen-bond donors (Lipinski definition) is 0. The summed E-state index contributed by atoms with van der Waals surface area (Å²) >= 11 is 5.54. The van der Waals surface area contributed by atoms with Crippen LogP contribution in [0.15, 0.2) is 36.4 Å². The first-order valence-corrected chi connectivity index (χ1v) is 9.16. The molecule has 0 radical (unpaired) electrons. The highest BCUT2D eigenvalue weighted by Crippen LogP contribution is 2.36. The highest BCUT2D eigenvalue weighted by atomic mass is 79.9. The van der Waals surface area contributed by atoms with Crippen LogP contribution in [0.3, 0.4) is 0 Å². The maximum absolute atomic E-state index is 11.1. The zero-order valence-corrected chi connectivity index (χ0v) is 17.5. The Balaban J connectivity index is 2.38. The van der Waals surface area contributed by atoms with Gasteiger partial charge in [-0.25, -0.2) is 9.59 Å². The molecular formula is C19H18Br2O4. The summed E-state index contributed by atoms with van der Waals surface area (Å²) in [6.45, 7) is 8.02. The molecule has 0 aliphatic heterocycles. The molecule has 0 heterocycles. The first-order chi connectivity index (χ1) is 11.6. The van der Waals surface area contributed by atoms with E-state index in [2.05, 4.69) is 45.7 Å². The molecule has 0 aliphatic rings. The molecule has 0 saturated heterocycles. The lowest BCUT2D eigenvalue weighted by molar-refractivity contribution is 0.227. The Kier molecular flexibility index (Phi) is 6.06. The van der Waals surface area contributed by atoms with Crippen LogP contribution in [-0.4, -0.2) is 9.76 Å². The van der Waals surface area contributed by atoms with Crippen molar-refractivity contribution in [1.29, 1.82) is 0 Å². The molecule has 0 bridgehead atoms. The summed E-state index contributed by atoms with van der Waals surface area (Å²) in [7, 11) is 0. The number of rotatable bonds is 4. The number of aryl methyl sites for hydroxylation is 2. The second-order valence-electron chi connectivity index (χ2n) is 6.26. The van der Waals surface area contributed by atoms with Crippen molar-refractivity contribution in [2.75, 3.05) is 0 Å². The minimum atomic E-state index is -0.518. The van der Waals surface area contributed by atoms with Gasteiger partial charge in [-0.15, -0.1) is 0 Å². The fourth-order valence-electron chi connectivity index (χ4n) is 2.64. The van der Waals surface area contributed by atoms with E-state index in [4.69, 9.17) is 9.47 Å². The normalized spacial score (nSPS) is 11.1. The molecule has 2 rings (SSSR count). The van der Waals surface area contributed by atoms with Crippen LogP contribution in [0, 0.1) is 13.8 Å². The Morgan fingerprint density at radius 1 is 0.800 bits per heavy atom. The van der Waals surface area contributed by atoms with Crippen LogP contribution in [0.5, 0.6) is 11.5 Å². The monoisotopic (exact) mass is 468 g/mol. The quantitative estimate of drug-likeness (QED) is 0.485. The van der Waals surface area contributed by atoms with Gasteiger partial charge in [0.05, 0.1) is 0 Å². The summed E-state index contributed by atoms with van der Waals surface area (Å²) in [6, 6.07) is 11.5. The van der Waals surface area contributed by atoms with E-state index in [9.17, 15) is 9.59 Å². The molecule has 6 heteroatoms. The number of benzene rings is 2. The third kappa shape index (κ3) is 4.70. The maximum atomic E-state index is 11.1. The van der Waals surface area contributed by atoms with Gasteiger partial charge >= 0.3 is 9.76 Å². The number of carbonyl (C=O) groups excluding carboxylic acids is 2. The average molecular weight is 470 g/mol. The van der Waals surface area contributed by atoms with Crippen molar-refractivity contribution in [3.05, 3.63) is 58.7 Å². The van der Waals surface area contributed by atoms with Crippen LogP contribution in [0.1, 0.15) is 36.1 Å². The molecule has 0 atom stereocenters. The summed E-state index contributed by atoms with van der Waals surface area (Å²) in [5.41, 5.74) is 3.65. The number of halogens is 2. The number of carbonyl (C=O) groups is 2. The van der Waals surface area contributed by atoms with Crippen molar-refractivity contribution in [1.82, 2.24) is 0 Å². The first-order valence-electron chi connectivity index (χ1n) is 7.58. The molecule has 0 unspecified atom stereocenters. The van der Waals surface area contributed by atoms with Gasteiger partial charge in [0.25, 0.3) is 0 Å². The van der Waals surface area contributed by atoms with E-state index in [0.717, 1.165) is 22.3 Å². The third-order valence-corrected chi connectivity index (χ3v) is 4.50. The number of hydrogen-bond acceptors (Lipinski definition) is 4. The average Bonchev–Trinajstić information content (AvgIpc) is 2.50. The van der Waals surface area contributed by atoms with Crippen molar-refractivity contribution in [3.8, 4) is 11.5 Å². The van der Waals surface area contributed by atoms with Crippen LogP contribution >= 0.6 is 31.9 Å². The Morgan fingerprint density at radius 2 is 1.16 bits per heavy atom. The smallest absolute Gasteiger partial charge is 0.380 e. The molecule has 132 valence electrons. The SMILES string of the molecule is Cc1cc(C(C)(C)c2ccc(OC(=O)Br)c(C)c2)ccc1OC(=O)Br. The molecule has 0 saturated carbocycles. The van der Waals surface area contributed by atoms with Gasteiger partial charge in [-0.05, 0) is 48.2 Å². The van der Waals surface area contributed by atoms with E-state index in [0.29, 0.717) is 11.5 Å². The van der Waals surface area contributed by atoms with Crippen LogP contribution in [0.2, 0.25) is 0 Å². The Hall–Kier alpha value is -1.66. The Morgan fingerprint density at radius 3 is 1.44 bits per heavy atom. The van der Waals surface area contributed by atoms with Gasteiger partial charge in [-0.2, -0.15) is 0 Å². The van der Waals surface area contributed by atoms with Crippen LogP contribution < -0.4 is 9.47 Å². The van der Waals surface area contributed by atoms with E-state index in [1.807, 2.05) is 38.1 Å². The minimum Gasteiger partial charge on any atom is -0.418 e. The number of ether oxygens (including phenoxy) is 2. The van der Waals surface area contributed by atoms with Gasteiger partial charge < -0.3 is 9.47 Å². The molecule has 0 spiro atoms. The lowest BCUT2D eigenvalue weighted by atomic mass is 9.77. The van der Waals surface area contributed by atoms with E-state index in [-0.39, 0.29) is 5.41 Å². The molecular weight excluding hydrogens is 452 g/mol. The van der Waals surface area contributed by atoms with Crippen molar-refractivity contribution < 1.29 is 19.1 Å². The zero-order chi connectivity index (χ0) is 18.8. The van der Waals surface area contributed by atoms with Crippen LogP contribution in [0.4, 0.5) is 9.59 Å². The van der Waals surface area contributed by atoms with Crippen LogP contribution in [-0.2, 0) is 5.41 Å². The second-order valence-corrected chi connectivity index (χ2v) is 7.56. The molecule has 0 fully saturated rings. The summed E-state index contributed by atoms with van der Waals surface area (Å²) in [6.07, 6.45) is 0. The predicted molar refractivity (Wildman–Crippen MR) is 104 cm³/mol. The maximum Gasteiger partial charge on any atom is 0.380 e. The van der Waals surface area contributed by atoms with Crippen molar-refractivity contribution in [2.45, 2.75) is 33.1 Å². The summed E-state index contributed by atoms with van der Waals surface area (Å²) in [5.74, 6) is 1.05. The molecule has 0 amide bonds. The lowest BCUT2D eigenvalue weighted by Crippen LogP contribution is -2.19. The fourth-order valence-corrected chi connectivity index (χ4v) is 2.99. The van der Waals surface area contributed by atoms with Crippen LogP contribution in [0.25, 0.3) is 0 Å². The lowest BCUT2D eigenvalue weighted by Gasteiger charge is -2.27. The van der Waals surface area contributed by atoms with Crippen molar-refractivity contribution >= 4 is 41.6 Å². The van der Waals surface area contributed by atoms with E-state index in [1.54, 1.807) is 12.1 Å². The van der Waals surface area contributed by atoms with Gasteiger partial charge in [0.2, 0.25) is 0 Å². The van der Waals surface area contributed by atoms with Gasteiger partial charge in [-0.3, -0.25) is 0 Å². The molecule has 0 aliphatic carbocycles. The zero-order valence-electron chi connectivity index (χ0n) is 14.4. The molecule has 2 aromatic carbocycles. The molecule has 4 nitrogen and oxygen atoms in total.